The van der Waals surface area contributed by atoms with Crippen molar-refractivity contribution >= 4 is 17.8 Å². The summed E-state index contributed by atoms with van der Waals surface area (Å²) in [6.45, 7) is 6.51. The highest BCUT2D eigenvalue weighted by Gasteiger charge is 2.22. The molecule has 27 heavy (non-hydrogen) atoms. The summed E-state index contributed by atoms with van der Waals surface area (Å²) in [5.41, 5.74) is 3.41. The molecule has 0 radical (unpaired) electrons. The van der Waals surface area contributed by atoms with Gasteiger partial charge in [0.2, 0.25) is 0 Å². The van der Waals surface area contributed by atoms with Gasteiger partial charge in [0, 0.05) is 5.56 Å². The Kier molecular flexibility index (Phi) is 5.04. The molecule has 5 heteroatoms. The van der Waals surface area contributed by atoms with Crippen LogP contribution in [0.5, 0.6) is 11.5 Å². The van der Waals surface area contributed by atoms with Gasteiger partial charge in [-0.3, -0.25) is 4.79 Å². The molecule has 3 rings (SSSR count). The standard InChI is InChI=1S/C22H24N2O3/c1-22(2,3)16-9-6-14(7-10-16)12-17-21(25)24-20(23-17)15-8-11-18(26-4)19(13-15)27-5/h6-13H,1-5H3,(H,23,24,25)/b17-12+. The quantitative estimate of drug-likeness (QED) is 0.837. The Bertz CT molecular complexity index is 920. The van der Waals surface area contributed by atoms with Gasteiger partial charge >= 0.3 is 0 Å². The fraction of sp³-hybridized carbons (Fsp3) is 0.273. The van der Waals surface area contributed by atoms with Crippen LogP contribution in [0.15, 0.2) is 53.2 Å². The molecule has 1 N–H and O–H groups in total. The van der Waals surface area contributed by atoms with Gasteiger partial charge in [0.15, 0.2) is 11.5 Å². The van der Waals surface area contributed by atoms with Crippen molar-refractivity contribution in [1.82, 2.24) is 5.32 Å². The molecule has 0 saturated carbocycles. The lowest BCUT2D eigenvalue weighted by atomic mass is 9.87. The number of hydrogen-bond donors (Lipinski definition) is 1. The Labute approximate surface area is 159 Å². The van der Waals surface area contributed by atoms with Crippen molar-refractivity contribution in [2.45, 2.75) is 26.2 Å². The fourth-order valence-electron chi connectivity index (χ4n) is 2.83. The number of benzene rings is 2. The first-order valence-corrected chi connectivity index (χ1v) is 8.76. The lowest BCUT2D eigenvalue weighted by Gasteiger charge is -2.18. The maximum Gasteiger partial charge on any atom is 0.275 e. The first-order chi connectivity index (χ1) is 12.8. The molecule has 1 aliphatic rings. The number of nitrogens with zero attached hydrogens (tertiary/aromatic N) is 1. The molecule has 140 valence electrons. The molecule has 2 aromatic carbocycles. The van der Waals surface area contributed by atoms with Gasteiger partial charge in [0.25, 0.3) is 5.91 Å². The topological polar surface area (TPSA) is 59.9 Å². The molecule has 0 saturated heterocycles. The minimum Gasteiger partial charge on any atom is -0.493 e. The first-order valence-electron chi connectivity index (χ1n) is 8.76. The van der Waals surface area contributed by atoms with Crippen molar-refractivity contribution in [3.63, 3.8) is 0 Å². The highest BCUT2D eigenvalue weighted by atomic mass is 16.5. The van der Waals surface area contributed by atoms with E-state index < -0.39 is 0 Å². The summed E-state index contributed by atoms with van der Waals surface area (Å²) in [5.74, 6) is 1.49. The number of rotatable bonds is 4. The Morgan fingerprint density at radius 3 is 2.22 bits per heavy atom. The first kappa shape index (κ1) is 18.7. The SMILES string of the molecule is COc1ccc(C2=N/C(=C/c3ccc(C(C)(C)C)cc3)C(=O)N2)cc1OC. The minimum atomic E-state index is -0.223. The second kappa shape index (κ2) is 7.27. The summed E-state index contributed by atoms with van der Waals surface area (Å²) in [6.07, 6.45) is 1.79. The molecule has 0 atom stereocenters. The Hall–Kier alpha value is -3.08. The summed E-state index contributed by atoms with van der Waals surface area (Å²) >= 11 is 0. The number of amidine groups is 1. The van der Waals surface area contributed by atoms with E-state index >= 15 is 0 Å². The van der Waals surface area contributed by atoms with E-state index in [-0.39, 0.29) is 11.3 Å². The number of aliphatic imine (C=N–C) groups is 1. The molecule has 5 nitrogen and oxygen atoms in total. The van der Waals surface area contributed by atoms with Gasteiger partial charge in [-0.25, -0.2) is 4.99 Å². The molecule has 0 unspecified atom stereocenters. The number of amides is 1. The number of nitrogens with one attached hydrogen (secondary N) is 1. The van der Waals surface area contributed by atoms with Crippen molar-refractivity contribution in [2.24, 2.45) is 4.99 Å². The lowest BCUT2D eigenvalue weighted by Crippen LogP contribution is -2.24. The van der Waals surface area contributed by atoms with E-state index in [1.807, 2.05) is 18.2 Å². The molecule has 0 aromatic heterocycles. The number of methoxy groups -OCH3 is 2. The predicted octanol–water partition coefficient (Wildman–Crippen LogP) is 3.92. The summed E-state index contributed by atoms with van der Waals surface area (Å²) in [4.78, 5) is 16.8. The normalized spacial score (nSPS) is 15.5. The summed E-state index contributed by atoms with van der Waals surface area (Å²) in [5, 5.41) is 2.81. The number of hydrogen-bond acceptors (Lipinski definition) is 4. The van der Waals surface area contributed by atoms with Crippen LogP contribution in [0.25, 0.3) is 6.08 Å². The molecule has 0 spiro atoms. The van der Waals surface area contributed by atoms with Crippen LogP contribution in [0.1, 0.15) is 37.5 Å². The van der Waals surface area contributed by atoms with Crippen molar-refractivity contribution in [3.8, 4) is 11.5 Å². The van der Waals surface area contributed by atoms with E-state index in [4.69, 9.17) is 9.47 Å². The molecule has 1 aliphatic heterocycles. The van der Waals surface area contributed by atoms with Crippen LogP contribution in [0.4, 0.5) is 0 Å². The fourth-order valence-corrected chi connectivity index (χ4v) is 2.83. The largest absolute Gasteiger partial charge is 0.493 e. The highest BCUT2D eigenvalue weighted by molar-refractivity contribution is 6.19. The van der Waals surface area contributed by atoms with Crippen molar-refractivity contribution in [3.05, 3.63) is 64.9 Å². The molecular weight excluding hydrogens is 340 g/mol. The van der Waals surface area contributed by atoms with E-state index in [0.717, 1.165) is 11.1 Å². The molecule has 1 heterocycles. The summed E-state index contributed by atoms with van der Waals surface area (Å²) in [6, 6.07) is 13.6. The van der Waals surface area contributed by atoms with Crippen LogP contribution in [-0.4, -0.2) is 26.0 Å². The summed E-state index contributed by atoms with van der Waals surface area (Å²) < 4.78 is 10.6. The van der Waals surface area contributed by atoms with E-state index in [1.54, 1.807) is 32.4 Å². The van der Waals surface area contributed by atoms with Gasteiger partial charge in [-0.1, -0.05) is 45.0 Å². The monoisotopic (exact) mass is 364 g/mol. The maximum atomic E-state index is 12.3. The van der Waals surface area contributed by atoms with Crippen LogP contribution >= 0.6 is 0 Å². The van der Waals surface area contributed by atoms with Crippen LogP contribution in [0, 0.1) is 0 Å². The predicted molar refractivity (Wildman–Crippen MR) is 107 cm³/mol. The highest BCUT2D eigenvalue weighted by Crippen LogP contribution is 2.28. The van der Waals surface area contributed by atoms with Crippen molar-refractivity contribution in [1.29, 1.82) is 0 Å². The van der Waals surface area contributed by atoms with Gasteiger partial charge in [0.05, 0.1) is 14.2 Å². The molecule has 0 aliphatic carbocycles. The third-order valence-corrected chi connectivity index (χ3v) is 4.43. The van der Waals surface area contributed by atoms with Gasteiger partial charge in [-0.2, -0.15) is 0 Å². The van der Waals surface area contributed by atoms with Gasteiger partial charge in [-0.15, -0.1) is 0 Å². The van der Waals surface area contributed by atoms with Crippen LogP contribution in [0.3, 0.4) is 0 Å². The number of ether oxygens (including phenoxy) is 2. The van der Waals surface area contributed by atoms with Crippen LogP contribution in [-0.2, 0) is 10.2 Å². The second-order valence-electron chi connectivity index (χ2n) is 7.39. The average molecular weight is 364 g/mol. The molecule has 1 amide bonds. The average Bonchev–Trinajstić information content (AvgIpc) is 3.01. The second-order valence-corrected chi connectivity index (χ2v) is 7.39. The van der Waals surface area contributed by atoms with Crippen LogP contribution in [0.2, 0.25) is 0 Å². The van der Waals surface area contributed by atoms with Gasteiger partial charge in [0.1, 0.15) is 11.5 Å². The zero-order chi connectivity index (χ0) is 19.6. The molecular formula is C22H24N2O3. The third-order valence-electron chi connectivity index (χ3n) is 4.43. The number of carbonyl (C=O) groups is 1. The van der Waals surface area contributed by atoms with Crippen LogP contribution < -0.4 is 14.8 Å². The molecule has 2 aromatic rings. The smallest absolute Gasteiger partial charge is 0.275 e. The lowest BCUT2D eigenvalue weighted by molar-refractivity contribution is -0.115. The van der Waals surface area contributed by atoms with Crippen molar-refractivity contribution in [2.75, 3.05) is 14.2 Å². The van der Waals surface area contributed by atoms with Crippen molar-refractivity contribution < 1.29 is 14.3 Å². The van der Waals surface area contributed by atoms with E-state index in [2.05, 4.69) is 43.2 Å². The minimum absolute atomic E-state index is 0.0924. The number of carbonyl (C=O) groups excluding carboxylic acids is 1. The zero-order valence-electron chi connectivity index (χ0n) is 16.3. The Balaban J connectivity index is 1.89. The Morgan fingerprint density at radius 1 is 0.963 bits per heavy atom. The Morgan fingerprint density at radius 2 is 1.63 bits per heavy atom. The third kappa shape index (κ3) is 4.03. The zero-order valence-corrected chi connectivity index (χ0v) is 16.3. The van der Waals surface area contributed by atoms with E-state index in [9.17, 15) is 4.79 Å². The van der Waals surface area contributed by atoms with E-state index in [0.29, 0.717) is 23.0 Å². The van der Waals surface area contributed by atoms with E-state index in [1.165, 1.54) is 5.56 Å². The maximum absolute atomic E-state index is 12.3. The van der Waals surface area contributed by atoms with Gasteiger partial charge < -0.3 is 14.8 Å². The molecule has 0 bridgehead atoms. The summed E-state index contributed by atoms with van der Waals surface area (Å²) in [7, 11) is 3.15. The molecule has 0 fully saturated rings. The van der Waals surface area contributed by atoms with Gasteiger partial charge in [-0.05, 0) is 40.8 Å².